The van der Waals surface area contributed by atoms with Crippen LogP contribution in [0.1, 0.15) is 29.7 Å². The molecule has 26 heavy (non-hydrogen) atoms. The lowest BCUT2D eigenvalue weighted by molar-refractivity contribution is 0.600. The lowest BCUT2D eigenvalue weighted by atomic mass is 10.0. The van der Waals surface area contributed by atoms with Gasteiger partial charge in [0.15, 0.2) is 5.11 Å². The second kappa shape index (κ2) is 8.05. The largest absolute Gasteiger partial charge is 0.356 e. The number of nitrogens with one attached hydrogen (secondary N) is 2. The highest BCUT2D eigenvalue weighted by Gasteiger charge is 2.13. The maximum absolute atomic E-state index is 11.7. The molecule has 2 N–H and O–H groups in total. The fourth-order valence-electron chi connectivity index (χ4n) is 2.45. The molecule has 5 nitrogen and oxygen atoms in total. The number of benzene rings is 2. The van der Waals surface area contributed by atoms with Gasteiger partial charge in [-0.1, -0.05) is 24.3 Å². The molecule has 0 aromatic heterocycles. The quantitative estimate of drug-likeness (QED) is 0.760. The van der Waals surface area contributed by atoms with E-state index in [1.54, 1.807) is 18.2 Å². The van der Waals surface area contributed by atoms with Gasteiger partial charge in [-0.05, 0) is 67.9 Å². The summed E-state index contributed by atoms with van der Waals surface area (Å²) in [6.07, 6.45) is 1.17. The third-order valence-corrected chi connectivity index (χ3v) is 5.77. The average molecular weight is 392 g/mol. The van der Waals surface area contributed by atoms with Crippen LogP contribution >= 0.6 is 12.2 Å². The van der Waals surface area contributed by atoms with Crippen LogP contribution in [0.15, 0.2) is 42.5 Å². The Morgan fingerprint density at radius 3 is 2.42 bits per heavy atom. The lowest BCUT2D eigenvalue weighted by Crippen LogP contribution is -2.31. The highest BCUT2D eigenvalue weighted by atomic mass is 32.2. The summed E-state index contributed by atoms with van der Waals surface area (Å²) < 4.78 is 24.6. The van der Waals surface area contributed by atoms with Crippen molar-refractivity contribution in [2.75, 3.05) is 22.9 Å². The molecule has 0 aliphatic heterocycles. The zero-order chi connectivity index (χ0) is 19.5. The van der Waals surface area contributed by atoms with Crippen LogP contribution < -0.4 is 14.9 Å². The number of sulfonamides is 1. The molecule has 0 heterocycles. The van der Waals surface area contributed by atoms with Crippen LogP contribution in [0, 0.1) is 13.8 Å². The Labute approximate surface area is 161 Å². The van der Waals surface area contributed by atoms with Gasteiger partial charge in [0.25, 0.3) is 0 Å². The summed E-state index contributed by atoms with van der Waals surface area (Å²) in [5.41, 5.74) is 4.95. The van der Waals surface area contributed by atoms with Gasteiger partial charge in [0, 0.05) is 12.7 Å². The van der Waals surface area contributed by atoms with Crippen molar-refractivity contribution in [3.8, 4) is 0 Å². The van der Waals surface area contributed by atoms with Gasteiger partial charge in [-0.15, -0.1) is 0 Å². The Morgan fingerprint density at radius 2 is 1.81 bits per heavy atom. The van der Waals surface area contributed by atoms with Gasteiger partial charge >= 0.3 is 0 Å². The average Bonchev–Trinajstić information content (AvgIpc) is 2.55. The summed E-state index contributed by atoms with van der Waals surface area (Å²) in [5.74, 6) is 0. The summed E-state index contributed by atoms with van der Waals surface area (Å²) in [6, 6.07) is 13.5. The normalized spacial score (nSPS) is 12.3. The van der Waals surface area contributed by atoms with Crippen molar-refractivity contribution in [3.63, 3.8) is 0 Å². The molecule has 0 aliphatic rings. The minimum absolute atomic E-state index is 0.0520. The van der Waals surface area contributed by atoms with Gasteiger partial charge in [-0.25, -0.2) is 8.42 Å². The first-order chi connectivity index (χ1) is 12.1. The van der Waals surface area contributed by atoms with Crippen LogP contribution in [0.25, 0.3) is 0 Å². The molecule has 0 amide bonds. The van der Waals surface area contributed by atoms with Crippen molar-refractivity contribution >= 4 is 38.7 Å². The van der Waals surface area contributed by atoms with E-state index in [4.69, 9.17) is 12.2 Å². The standard InChI is InChI=1S/C19H25N3O2S2/c1-13-9-10-16(11-14(13)2)15(3)20-19(25)21-17-7-6-8-18(12-17)22(4)26(5,23)24/h6-12,15H,1-5H3,(H2,20,21,25). The molecule has 0 bridgehead atoms. The molecule has 2 rings (SSSR count). The molecular weight excluding hydrogens is 366 g/mol. The fourth-order valence-corrected chi connectivity index (χ4v) is 3.24. The molecule has 1 unspecified atom stereocenters. The molecule has 7 heteroatoms. The summed E-state index contributed by atoms with van der Waals surface area (Å²) >= 11 is 5.40. The van der Waals surface area contributed by atoms with Crippen molar-refractivity contribution in [2.45, 2.75) is 26.8 Å². The van der Waals surface area contributed by atoms with Crippen LogP contribution in [-0.2, 0) is 10.0 Å². The molecule has 2 aromatic rings. The molecule has 0 saturated carbocycles. The van der Waals surface area contributed by atoms with E-state index in [-0.39, 0.29) is 6.04 Å². The molecule has 1 atom stereocenters. The van der Waals surface area contributed by atoms with Gasteiger partial charge < -0.3 is 10.6 Å². The van der Waals surface area contributed by atoms with E-state index in [2.05, 4.69) is 42.7 Å². The van der Waals surface area contributed by atoms with Crippen LogP contribution in [0.3, 0.4) is 0 Å². The Morgan fingerprint density at radius 1 is 1.12 bits per heavy atom. The minimum atomic E-state index is -3.31. The SMILES string of the molecule is Cc1ccc(C(C)NC(=S)Nc2cccc(N(C)S(C)(=O)=O)c2)cc1C. The van der Waals surface area contributed by atoms with Crippen molar-refractivity contribution in [2.24, 2.45) is 0 Å². The number of rotatable bonds is 5. The van der Waals surface area contributed by atoms with Crippen molar-refractivity contribution < 1.29 is 8.42 Å². The van der Waals surface area contributed by atoms with Gasteiger partial charge in [0.2, 0.25) is 10.0 Å². The first-order valence-corrected chi connectivity index (χ1v) is 10.5. The van der Waals surface area contributed by atoms with Crippen LogP contribution in [0.5, 0.6) is 0 Å². The molecule has 140 valence electrons. The number of anilines is 2. The Kier molecular flexibility index (Phi) is 6.26. The van der Waals surface area contributed by atoms with Crippen molar-refractivity contribution in [1.29, 1.82) is 0 Å². The van der Waals surface area contributed by atoms with E-state index < -0.39 is 10.0 Å². The smallest absolute Gasteiger partial charge is 0.231 e. The van der Waals surface area contributed by atoms with Gasteiger partial charge in [0.05, 0.1) is 18.0 Å². The molecule has 0 saturated heterocycles. The molecule has 0 radical (unpaired) electrons. The predicted molar refractivity (Wildman–Crippen MR) is 113 cm³/mol. The van der Waals surface area contributed by atoms with E-state index in [0.717, 1.165) is 11.3 Å². The highest BCUT2D eigenvalue weighted by molar-refractivity contribution is 7.92. The second-order valence-corrected chi connectivity index (χ2v) is 8.87. The van der Waals surface area contributed by atoms with E-state index in [1.165, 1.54) is 28.7 Å². The van der Waals surface area contributed by atoms with Crippen LogP contribution in [0.2, 0.25) is 0 Å². The first-order valence-electron chi connectivity index (χ1n) is 8.26. The van der Waals surface area contributed by atoms with Gasteiger partial charge in [-0.3, -0.25) is 4.31 Å². The van der Waals surface area contributed by atoms with Crippen molar-refractivity contribution in [3.05, 3.63) is 59.2 Å². The van der Waals surface area contributed by atoms with E-state index in [0.29, 0.717) is 10.8 Å². The van der Waals surface area contributed by atoms with E-state index >= 15 is 0 Å². The summed E-state index contributed by atoms with van der Waals surface area (Å²) in [6.45, 7) is 6.22. The number of nitrogens with zero attached hydrogens (tertiary/aromatic N) is 1. The Balaban J connectivity index is 2.06. The first kappa shape index (κ1) is 20.2. The molecule has 0 fully saturated rings. The van der Waals surface area contributed by atoms with Gasteiger partial charge in [0.1, 0.15) is 0 Å². The van der Waals surface area contributed by atoms with Crippen LogP contribution in [0.4, 0.5) is 11.4 Å². The Bertz CT molecular complexity index is 911. The van der Waals surface area contributed by atoms with Crippen molar-refractivity contribution in [1.82, 2.24) is 5.32 Å². The molecular formula is C19H25N3O2S2. The van der Waals surface area contributed by atoms with E-state index in [9.17, 15) is 8.42 Å². The highest BCUT2D eigenvalue weighted by Crippen LogP contribution is 2.21. The maximum atomic E-state index is 11.7. The van der Waals surface area contributed by atoms with E-state index in [1.807, 2.05) is 13.0 Å². The maximum Gasteiger partial charge on any atom is 0.231 e. The molecule has 0 aliphatic carbocycles. The monoisotopic (exact) mass is 391 g/mol. The lowest BCUT2D eigenvalue weighted by Gasteiger charge is -2.20. The molecule has 0 spiro atoms. The number of hydrogen-bond donors (Lipinski definition) is 2. The number of thiocarbonyl (C=S) groups is 1. The summed E-state index contributed by atoms with van der Waals surface area (Å²) in [7, 11) is -1.79. The summed E-state index contributed by atoms with van der Waals surface area (Å²) in [4.78, 5) is 0. The number of aryl methyl sites for hydroxylation is 2. The molecule has 2 aromatic carbocycles. The van der Waals surface area contributed by atoms with Gasteiger partial charge in [-0.2, -0.15) is 0 Å². The van der Waals surface area contributed by atoms with Crippen LogP contribution in [-0.4, -0.2) is 26.8 Å². The number of hydrogen-bond acceptors (Lipinski definition) is 3. The summed E-state index contributed by atoms with van der Waals surface area (Å²) in [5, 5.41) is 6.85. The third-order valence-electron chi connectivity index (χ3n) is 4.34. The zero-order valence-electron chi connectivity index (χ0n) is 15.7. The zero-order valence-corrected chi connectivity index (χ0v) is 17.3. The second-order valence-electron chi connectivity index (χ2n) is 6.44. The third kappa shape index (κ3) is 5.19. The fraction of sp³-hybridized carbons (Fsp3) is 0.316. The minimum Gasteiger partial charge on any atom is -0.356 e. The topological polar surface area (TPSA) is 61.4 Å². The predicted octanol–water partition coefficient (Wildman–Crippen LogP) is 3.75. The Hall–Kier alpha value is -2.12.